The predicted octanol–water partition coefficient (Wildman–Crippen LogP) is 3.43. The number of anilines is 1. The molecular formula is C15H18BrNO3. The average molecular weight is 340 g/mol. The first kappa shape index (κ1) is 15.0. The smallest absolute Gasteiger partial charge is 0.309 e. The topological polar surface area (TPSA) is 55.4 Å². The number of benzene rings is 1. The van der Waals surface area contributed by atoms with Crippen molar-refractivity contribution in [2.24, 2.45) is 5.92 Å². The van der Waals surface area contributed by atoms with Gasteiger partial charge in [0.2, 0.25) is 0 Å². The van der Waals surface area contributed by atoms with Gasteiger partial charge in [0.05, 0.1) is 5.92 Å². The van der Waals surface area contributed by atoms with E-state index in [-0.39, 0.29) is 24.4 Å². The second kappa shape index (κ2) is 6.88. The van der Waals surface area contributed by atoms with Gasteiger partial charge in [-0.25, -0.2) is 0 Å². The Morgan fingerprint density at radius 1 is 1.35 bits per heavy atom. The summed E-state index contributed by atoms with van der Waals surface area (Å²) in [6.45, 7) is 1.73. The second-order valence-electron chi connectivity index (χ2n) is 5.10. The molecule has 0 aromatic heterocycles. The van der Waals surface area contributed by atoms with Crippen molar-refractivity contribution >= 4 is 33.5 Å². The molecule has 0 radical (unpaired) electrons. The van der Waals surface area contributed by atoms with E-state index in [0.29, 0.717) is 5.69 Å². The molecule has 1 aromatic rings. The number of rotatable bonds is 4. The van der Waals surface area contributed by atoms with Crippen LogP contribution in [0.25, 0.3) is 0 Å². The molecule has 1 amide bonds. The fraction of sp³-hybridized carbons (Fsp3) is 0.467. The number of amides is 1. The van der Waals surface area contributed by atoms with Gasteiger partial charge in [-0.2, -0.15) is 0 Å². The number of nitrogens with one attached hydrogen (secondary N) is 1. The quantitative estimate of drug-likeness (QED) is 0.855. The highest BCUT2D eigenvalue weighted by molar-refractivity contribution is 9.10. The summed E-state index contributed by atoms with van der Waals surface area (Å²) in [5, 5.41) is 2.72. The molecule has 0 unspecified atom stereocenters. The normalized spacial score (nSPS) is 15.1. The van der Waals surface area contributed by atoms with E-state index < -0.39 is 0 Å². The summed E-state index contributed by atoms with van der Waals surface area (Å²) in [6, 6.07) is 5.53. The van der Waals surface area contributed by atoms with Gasteiger partial charge in [0.25, 0.3) is 5.91 Å². The summed E-state index contributed by atoms with van der Waals surface area (Å²) in [5.74, 6) is -0.569. The van der Waals surface area contributed by atoms with E-state index >= 15 is 0 Å². The highest BCUT2D eigenvalue weighted by Crippen LogP contribution is 2.25. The molecule has 1 aliphatic rings. The van der Waals surface area contributed by atoms with Crippen LogP contribution in [0, 0.1) is 12.8 Å². The van der Waals surface area contributed by atoms with E-state index in [4.69, 9.17) is 4.74 Å². The van der Waals surface area contributed by atoms with Crippen LogP contribution in [0.15, 0.2) is 22.7 Å². The van der Waals surface area contributed by atoms with Crippen LogP contribution in [-0.2, 0) is 14.3 Å². The highest BCUT2D eigenvalue weighted by atomic mass is 79.9. The van der Waals surface area contributed by atoms with Crippen LogP contribution in [0.2, 0.25) is 0 Å². The van der Waals surface area contributed by atoms with Gasteiger partial charge in [0, 0.05) is 10.2 Å². The summed E-state index contributed by atoms with van der Waals surface area (Å²) in [6.07, 6.45) is 3.91. The second-order valence-corrected chi connectivity index (χ2v) is 5.96. The van der Waals surface area contributed by atoms with Gasteiger partial charge in [-0.15, -0.1) is 0 Å². The SMILES string of the molecule is Cc1cc(NC(=O)COC(=O)C2CCCC2)ccc1Br. The average Bonchev–Trinajstić information content (AvgIpc) is 2.94. The summed E-state index contributed by atoms with van der Waals surface area (Å²) < 4.78 is 6.04. The minimum absolute atomic E-state index is 0.0160. The van der Waals surface area contributed by atoms with Gasteiger partial charge in [-0.1, -0.05) is 28.8 Å². The molecular weight excluding hydrogens is 322 g/mol. The fourth-order valence-corrected chi connectivity index (χ4v) is 2.58. The summed E-state index contributed by atoms with van der Waals surface area (Å²) >= 11 is 3.40. The summed E-state index contributed by atoms with van der Waals surface area (Å²) in [4.78, 5) is 23.4. The Labute approximate surface area is 127 Å². The zero-order valence-corrected chi connectivity index (χ0v) is 13.0. The van der Waals surface area contributed by atoms with Crippen molar-refractivity contribution in [2.75, 3.05) is 11.9 Å². The lowest BCUT2D eigenvalue weighted by atomic mass is 10.1. The Hall–Kier alpha value is -1.36. The van der Waals surface area contributed by atoms with E-state index in [1.165, 1.54) is 0 Å². The third kappa shape index (κ3) is 4.07. The lowest BCUT2D eigenvalue weighted by Crippen LogP contribution is -2.23. The Morgan fingerprint density at radius 2 is 2.05 bits per heavy atom. The Morgan fingerprint density at radius 3 is 2.70 bits per heavy atom. The third-order valence-corrected chi connectivity index (χ3v) is 4.37. The first-order valence-corrected chi connectivity index (χ1v) is 7.58. The van der Waals surface area contributed by atoms with E-state index in [0.717, 1.165) is 35.7 Å². The van der Waals surface area contributed by atoms with Gasteiger partial charge in [0.15, 0.2) is 6.61 Å². The zero-order valence-electron chi connectivity index (χ0n) is 11.4. The zero-order chi connectivity index (χ0) is 14.5. The molecule has 1 aliphatic carbocycles. The molecule has 5 heteroatoms. The predicted molar refractivity (Wildman–Crippen MR) is 80.4 cm³/mol. The third-order valence-electron chi connectivity index (χ3n) is 3.48. The van der Waals surface area contributed by atoms with Crippen molar-refractivity contribution in [3.8, 4) is 0 Å². The van der Waals surface area contributed by atoms with E-state index in [2.05, 4.69) is 21.2 Å². The molecule has 108 valence electrons. The lowest BCUT2D eigenvalue weighted by molar-refractivity contribution is -0.151. The molecule has 0 saturated heterocycles. The van der Waals surface area contributed by atoms with E-state index in [1.54, 1.807) is 6.07 Å². The van der Waals surface area contributed by atoms with Crippen molar-refractivity contribution < 1.29 is 14.3 Å². The molecule has 1 N–H and O–H groups in total. The number of carbonyl (C=O) groups is 2. The first-order valence-electron chi connectivity index (χ1n) is 6.79. The monoisotopic (exact) mass is 339 g/mol. The van der Waals surface area contributed by atoms with E-state index in [9.17, 15) is 9.59 Å². The molecule has 0 heterocycles. The molecule has 20 heavy (non-hydrogen) atoms. The number of hydrogen-bond acceptors (Lipinski definition) is 3. The van der Waals surface area contributed by atoms with Gasteiger partial charge in [-0.3, -0.25) is 9.59 Å². The Kier molecular flexibility index (Phi) is 5.17. The lowest BCUT2D eigenvalue weighted by Gasteiger charge is -2.10. The molecule has 1 saturated carbocycles. The minimum atomic E-state index is -0.307. The number of aryl methyl sites for hydroxylation is 1. The molecule has 1 fully saturated rings. The number of hydrogen-bond donors (Lipinski definition) is 1. The molecule has 0 aliphatic heterocycles. The van der Waals surface area contributed by atoms with Crippen molar-refractivity contribution in [1.82, 2.24) is 0 Å². The van der Waals surface area contributed by atoms with Gasteiger partial charge in [-0.05, 0) is 43.5 Å². The fourth-order valence-electron chi connectivity index (χ4n) is 2.34. The van der Waals surface area contributed by atoms with Crippen LogP contribution < -0.4 is 5.32 Å². The first-order chi connectivity index (χ1) is 9.56. The Bertz CT molecular complexity index is 510. The van der Waals surface area contributed by atoms with Crippen molar-refractivity contribution in [1.29, 1.82) is 0 Å². The van der Waals surface area contributed by atoms with Crippen LogP contribution in [-0.4, -0.2) is 18.5 Å². The Balaban J connectivity index is 1.80. The summed E-state index contributed by atoms with van der Waals surface area (Å²) in [7, 11) is 0. The highest BCUT2D eigenvalue weighted by Gasteiger charge is 2.24. The number of halogens is 1. The van der Waals surface area contributed by atoms with Crippen LogP contribution in [0.4, 0.5) is 5.69 Å². The van der Waals surface area contributed by atoms with Crippen molar-refractivity contribution in [3.05, 3.63) is 28.2 Å². The number of esters is 1. The molecule has 0 spiro atoms. The maximum atomic E-state index is 11.7. The molecule has 0 atom stereocenters. The molecule has 2 rings (SSSR count). The van der Waals surface area contributed by atoms with Crippen LogP contribution in [0.1, 0.15) is 31.2 Å². The largest absolute Gasteiger partial charge is 0.455 e. The molecule has 1 aromatic carbocycles. The summed E-state index contributed by atoms with van der Waals surface area (Å²) in [5.41, 5.74) is 1.73. The van der Waals surface area contributed by atoms with Gasteiger partial charge in [0.1, 0.15) is 0 Å². The van der Waals surface area contributed by atoms with Crippen LogP contribution in [0.5, 0.6) is 0 Å². The van der Waals surface area contributed by atoms with E-state index in [1.807, 2.05) is 19.1 Å². The van der Waals surface area contributed by atoms with Crippen LogP contribution in [0.3, 0.4) is 0 Å². The van der Waals surface area contributed by atoms with Crippen molar-refractivity contribution in [3.63, 3.8) is 0 Å². The maximum Gasteiger partial charge on any atom is 0.309 e. The van der Waals surface area contributed by atoms with Gasteiger partial charge >= 0.3 is 5.97 Å². The number of ether oxygens (including phenoxy) is 1. The van der Waals surface area contributed by atoms with Crippen LogP contribution >= 0.6 is 15.9 Å². The van der Waals surface area contributed by atoms with Crippen molar-refractivity contribution in [2.45, 2.75) is 32.6 Å². The molecule has 4 nitrogen and oxygen atoms in total. The van der Waals surface area contributed by atoms with Gasteiger partial charge < -0.3 is 10.1 Å². The molecule has 0 bridgehead atoms. The standard InChI is InChI=1S/C15H18BrNO3/c1-10-8-12(6-7-13(10)16)17-14(18)9-20-15(19)11-4-2-3-5-11/h6-8,11H,2-5,9H2,1H3,(H,17,18). The number of carbonyl (C=O) groups excluding carboxylic acids is 2. The minimum Gasteiger partial charge on any atom is -0.455 e. The maximum absolute atomic E-state index is 11.7.